The Balaban J connectivity index is 3.44. The highest BCUT2D eigenvalue weighted by Gasteiger charge is 2.33. The lowest BCUT2D eigenvalue weighted by atomic mass is 9.91. The van der Waals surface area contributed by atoms with E-state index in [1.54, 1.807) is 13.8 Å². The van der Waals surface area contributed by atoms with Gasteiger partial charge in [-0.15, -0.1) is 0 Å². The lowest BCUT2D eigenvalue weighted by molar-refractivity contribution is -0.137. The van der Waals surface area contributed by atoms with Crippen molar-refractivity contribution in [3.05, 3.63) is 34.9 Å². The van der Waals surface area contributed by atoms with Crippen molar-refractivity contribution in [2.45, 2.75) is 25.6 Å². The van der Waals surface area contributed by atoms with E-state index in [0.29, 0.717) is 0 Å². The maximum Gasteiger partial charge on any atom is 0.416 e. The largest absolute Gasteiger partial charge is 0.416 e. The number of amides is 1. The van der Waals surface area contributed by atoms with Gasteiger partial charge in [-0.3, -0.25) is 4.79 Å². The molecule has 0 aromatic heterocycles. The van der Waals surface area contributed by atoms with Crippen molar-refractivity contribution < 1.29 is 18.0 Å². The summed E-state index contributed by atoms with van der Waals surface area (Å²) in [5.41, 5.74) is 4.15. The van der Waals surface area contributed by atoms with Crippen LogP contribution < -0.4 is 11.1 Å². The maximum atomic E-state index is 12.7. The van der Waals surface area contributed by atoms with Crippen LogP contribution in [0.15, 0.2) is 18.2 Å². The third kappa shape index (κ3) is 3.22. The molecule has 0 spiro atoms. The Labute approximate surface area is 103 Å². The van der Waals surface area contributed by atoms with E-state index in [-0.39, 0.29) is 11.1 Å². The van der Waals surface area contributed by atoms with Crippen LogP contribution in [0, 0.1) is 0 Å². The number of alkyl halides is 3. The molecule has 0 unspecified atom stereocenters. The van der Waals surface area contributed by atoms with Gasteiger partial charge in [0.25, 0.3) is 5.91 Å². The van der Waals surface area contributed by atoms with E-state index >= 15 is 0 Å². The minimum Gasteiger partial charge on any atom is -0.355 e. The van der Waals surface area contributed by atoms with Crippen molar-refractivity contribution >= 4 is 5.91 Å². The molecule has 0 fully saturated rings. The van der Waals surface area contributed by atoms with Gasteiger partial charge in [0.05, 0.1) is 5.56 Å². The van der Waals surface area contributed by atoms with Crippen molar-refractivity contribution in [3.63, 3.8) is 0 Å². The molecule has 1 rings (SSSR count). The highest BCUT2D eigenvalue weighted by molar-refractivity contribution is 5.94. The first-order valence-corrected chi connectivity index (χ1v) is 5.29. The van der Waals surface area contributed by atoms with E-state index in [0.717, 1.165) is 12.1 Å². The van der Waals surface area contributed by atoms with Gasteiger partial charge >= 0.3 is 6.18 Å². The number of rotatable bonds is 2. The first-order chi connectivity index (χ1) is 8.05. The predicted octanol–water partition coefficient (Wildman–Crippen LogP) is 2.26. The predicted molar refractivity (Wildman–Crippen MR) is 62.0 cm³/mol. The second-order valence-electron chi connectivity index (χ2n) is 4.60. The molecule has 3 nitrogen and oxygen atoms in total. The van der Waals surface area contributed by atoms with E-state index in [4.69, 9.17) is 5.73 Å². The van der Waals surface area contributed by atoms with Gasteiger partial charge in [0.1, 0.15) is 0 Å². The summed E-state index contributed by atoms with van der Waals surface area (Å²) in [5, 5.41) is 2.29. The van der Waals surface area contributed by atoms with Crippen LogP contribution in [0.2, 0.25) is 0 Å². The monoisotopic (exact) mass is 260 g/mol. The van der Waals surface area contributed by atoms with Crippen molar-refractivity contribution in [1.82, 2.24) is 5.32 Å². The second-order valence-corrected chi connectivity index (χ2v) is 4.60. The number of hydrogen-bond donors (Lipinski definition) is 2. The van der Waals surface area contributed by atoms with E-state index in [9.17, 15) is 18.0 Å². The van der Waals surface area contributed by atoms with Gasteiger partial charge in [0, 0.05) is 18.2 Å². The number of carbonyl (C=O) groups is 1. The van der Waals surface area contributed by atoms with Gasteiger partial charge in [-0.2, -0.15) is 13.2 Å². The molecular weight excluding hydrogens is 245 g/mol. The van der Waals surface area contributed by atoms with Crippen LogP contribution in [0.25, 0.3) is 0 Å². The summed E-state index contributed by atoms with van der Waals surface area (Å²) in [6.07, 6.45) is -4.51. The summed E-state index contributed by atoms with van der Waals surface area (Å²) in [6, 6.07) is 3.15. The Morgan fingerprint density at radius 3 is 2.06 bits per heavy atom. The van der Waals surface area contributed by atoms with Crippen LogP contribution in [0.3, 0.4) is 0 Å². The van der Waals surface area contributed by atoms with Gasteiger partial charge in [-0.25, -0.2) is 0 Å². The third-order valence-corrected chi connectivity index (χ3v) is 2.49. The van der Waals surface area contributed by atoms with Crippen LogP contribution in [0.4, 0.5) is 13.2 Å². The Bertz CT molecular complexity index is 429. The molecule has 0 heterocycles. The quantitative estimate of drug-likeness (QED) is 0.857. The van der Waals surface area contributed by atoms with Crippen LogP contribution in [0.5, 0.6) is 0 Å². The lowest BCUT2D eigenvalue weighted by Gasteiger charge is -2.21. The van der Waals surface area contributed by atoms with Gasteiger partial charge in [-0.1, -0.05) is 0 Å². The maximum absolute atomic E-state index is 12.7. The molecule has 6 heteroatoms. The third-order valence-electron chi connectivity index (χ3n) is 2.49. The van der Waals surface area contributed by atoms with E-state index < -0.39 is 23.2 Å². The summed E-state index contributed by atoms with van der Waals surface area (Å²) >= 11 is 0. The smallest absolute Gasteiger partial charge is 0.355 e. The summed E-state index contributed by atoms with van der Waals surface area (Å²) in [6.45, 7) is 3.16. The SMILES string of the molecule is CNC(=O)c1cc(C(C)(C)N)cc(C(F)(F)F)c1. The molecule has 0 aliphatic heterocycles. The normalized spacial score (nSPS) is 12.4. The Morgan fingerprint density at radius 2 is 1.67 bits per heavy atom. The molecule has 0 aliphatic carbocycles. The molecule has 0 aliphatic rings. The molecule has 0 radical (unpaired) electrons. The Hall–Kier alpha value is -1.56. The van der Waals surface area contributed by atoms with Gasteiger partial charge in [0.2, 0.25) is 0 Å². The van der Waals surface area contributed by atoms with Crippen molar-refractivity contribution in [2.24, 2.45) is 5.73 Å². The Morgan fingerprint density at radius 1 is 1.17 bits per heavy atom. The van der Waals surface area contributed by atoms with Crippen LogP contribution in [-0.4, -0.2) is 13.0 Å². The highest BCUT2D eigenvalue weighted by Crippen LogP contribution is 2.32. The zero-order valence-electron chi connectivity index (χ0n) is 10.4. The fourth-order valence-electron chi connectivity index (χ4n) is 1.44. The first kappa shape index (κ1) is 14.5. The average molecular weight is 260 g/mol. The summed E-state index contributed by atoms with van der Waals surface area (Å²) in [5.74, 6) is -0.577. The zero-order chi connectivity index (χ0) is 14.1. The molecular formula is C12H15F3N2O. The van der Waals surface area contributed by atoms with Crippen molar-refractivity contribution in [2.75, 3.05) is 7.05 Å². The minimum absolute atomic E-state index is 0.0548. The molecule has 0 saturated heterocycles. The van der Waals surface area contributed by atoms with Gasteiger partial charge in [-0.05, 0) is 37.6 Å². The van der Waals surface area contributed by atoms with Crippen molar-refractivity contribution in [1.29, 1.82) is 0 Å². The molecule has 1 amide bonds. The number of benzene rings is 1. The fourth-order valence-corrected chi connectivity index (χ4v) is 1.44. The highest BCUT2D eigenvalue weighted by atomic mass is 19.4. The van der Waals surface area contributed by atoms with E-state index in [1.807, 2.05) is 0 Å². The summed E-state index contributed by atoms with van der Waals surface area (Å²) in [7, 11) is 1.36. The fraction of sp³-hybridized carbons (Fsp3) is 0.417. The number of hydrogen-bond acceptors (Lipinski definition) is 2. The summed E-state index contributed by atoms with van der Waals surface area (Å²) < 4.78 is 38.2. The second kappa shape index (κ2) is 4.61. The van der Waals surface area contributed by atoms with Crippen LogP contribution in [-0.2, 0) is 11.7 Å². The standard InChI is InChI=1S/C12H15F3N2O/c1-11(2,16)8-4-7(10(18)17-3)5-9(6-8)12(13,14)15/h4-6H,16H2,1-3H3,(H,17,18). The average Bonchev–Trinajstić information content (AvgIpc) is 2.25. The topological polar surface area (TPSA) is 55.1 Å². The molecule has 1 aromatic carbocycles. The first-order valence-electron chi connectivity index (χ1n) is 5.29. The summed E-state index contributed by atoms with van der Waals surface area (Å²) in [4.78, 5) is 11.5. The van der Waals surface area contributed by atoms with Gasteiger partial charge in [0.15, 0.2) is 0 Å². The lowest BCUT2D eigenvalue weighted by Crippen LogP contribution is -2.30. The molecule has 100 valence electrons. The molecule has 0 bridgehead atoms. The Kier molecular flexibility index (Phi) is 3.71. The molecule has 18 heavy (non-hydrogen) atoms. The number of nitrogens with one attached hydrogen (secondary N) is 1. The van der Waals surface area contributed by atoms with E-state index in [1.165, 1.54) is 13.1 Å². The van der Waals surface area contributed by atoms with Crippen LogP contribution >= 0.6 is 0 Å². The molecule has 1 aromatic rings. The van der Waals surface area contributed by atoms with Gasteiger partial charge < -0.3 is 11.1 Å². The van der Waals surface area contributed by atoms with Crippen molar-refractivity contribution in [3.8, 4) is 0 Å². The molecule has 3 N–H and O–H groups in total. The number of carbonyl (C=O) groups excluding carboxylic acids is 1. The number of halogens is 3. The molecule has 0 atom stereocenters. The minimum atomic E-state index is -4.51. The number of nitrogens with two attached hydrogens (primary N) is 1. The molecule has 0 saturated carbocycles. The zero-order valence-corrected chi connectivity index (χ0v) is 10.4. The van der Waals surface area contributed by atoms with E-state index in [2.05, 4.69) is 5.32 Å². The van der Waals surface area contributed by atoms with Crippen LogP contribution in [0.1, 0.15) is 35.3 Å².